The highest BCUT2D eigenvalue weighted by Gasteiger charge is 2.37. The Labute approximate surface area is 106 Å². The van der Waals surface area contributed by atoms with Crippen molar-refractivity contribution in [1.29, 1.82) is 0 Å². The van der Waals surface area contributed by atoms with E-state index in [2.05, 4.69) is 22.0 Å². The van der Waals surface area contributed by atoms with Gasteiger partial charge in [-0.15, -0.1) is 0 Å². The second kappa shape index (κ2) is 4.28. The molecule has 3 rings (SSSR count). The summed E-state index contributed by atoms with van der Waals surface area (Å²) in [6, 6.07) is 0.754. The number of hydrogen-bond acceptors (Lipinski definition) is 4. The van der Waals surface area contributed by atoms with Crippen LogP contribution in [0.3, 0.4) is 0 Å². The van der Waals surface area contributed by atoms with Crippen LogP contribution in [0.1, 0.15) is 30.3 Å². The van der Waals surface area contributed by atoms with Crippen LogP contribution < -0.4 is 5.73 Å². The maximum atomic E-state index is 12.4. The number of aromatic nitrogens is 2. The third-order valence-electron chi connectivity index (χ3n) is 4.08. The Hall–Kier alpha value is -1.56. The zero-order valence-corrected chi connectivity index (χ0v) is 10.6. The molecule has 0 saturated carbocycles. The van der Waals surface area contributed by atoms with Crippen LogP contribution in [0.25, 0.3) is 0 Å². The SMILES string of the molecule is CC1CN2CCCC2CN1C(=O)c1[nH]ncc1N. The van der Waals surface area contributed by atoms with Gasteiger partial charge in [0.1, 0.15) is 5.69 Å². The second-order valence-electron chi connectivity index (χ2n) is 5.30. The molecule has 0 spiro atoms. The standard InChI is InChI=1S/C12H19N5O/c1-8-6-16-4-2-3-9(16)7-17(8)12(18)11-10(13)5-14-15-11/h5,8-9H,2-4,6-7,13H2,1H3,(H,14,15). The molecule has 2 aliphatic rings. The molecule has 18 heavy (non-hydrogen) atoms. The summed E-state index contributed by atoms with van der Waals surface area (Å²) in [6.45, 7) is 5.03. The first-order chi connectivity index (χ1) is 8.66. The minimum Gasteiger partial charge on any atom is -0.396 e. The van der Waals surface area contributed by atoms with Crippen molar-refractivity contribution in [2.75, 3.05) is 25.4 Å². The molecule has 0 bridgehead atoms. The number of nitrogens with zero attached hydrogens (tertiary/aromatic N) is 3. The van der Waals surface area contributed by atoms with Crippen LogP contribution in [0, 0.1) is 0 Å². The average molecular weight is 249 g/mol. The van der Waals surface area contributed by atoms with Gasteiger partial charge in [0.25, 0.3) is 5.91 Å². The summed E-state index contributed by atoms with van der Waals surface area (Å²) in [7, 11) is 0. The highest BCUT2D eigenvalue weighted by Crippen LogP contribution is 2.26. The van der Waals surface area contributed by atoms with E-state index in [1.54, 1.807) is 0 Å². The zero-order valence-electron chi connectivity index (χ0n) is 10.6. The third kappa shape index (κ3) is 1.77. The first kappa shape index (κ1) is 11.5. The van der Waals surface area contributed by atoms with E-state index in [9.17, 15) is 4.79 Å². The highest BCUT2D eigenvalue weighted by molar-refractivity contribution is 5.97. The van der Waals surface area contributed by atoms with Gasteiger partial charge in [-0.25, -0.2) is 0 Å². The van der Waals surface area contributed by atoms with E-state index in [1.165, 1.54) is 25.6 Å². The number of nitrogens with one attached hydrogen (secondary N) is 1. The molecule has 0 aromatic carbocycles. The van der Waals surface area contributed by atoms with Crippen molar-refractivity contribution in [3.05, 3.63) is 11.9 Å². The smallest absolute Gasteiger partial charge is 0.274 e. The van der Waals surface area contributed by atoms with E-state index in [0.29, 0.717) is 17.4 Å². The Morgan fingerprint density at radius 1 is 1.56 bits per heavy atom. The summed E-state index contributed by atoms with van der Waals surface area (Å²) in [4.78, 5) is 16.9. The molecule has 6 heteroatoms. The average Bonchev–Trinajstić information content (AvgIpc) is 2.95. The summed E-state index contributed by atoms with van der Waals surface area (Å²) >= 11 is 0. The Bertz CT molecular complexity index is 457. The minimum absolute atomic E-state index is 0.0240. The number of anilines is 1. The molecule has 1 aromatic rings. The van der Waals surface area contributed by atoms with E-state index in [1.807, 2.05) is 4.90 Å². The highest BCUT2D eigenvalue weighted by atomic mass is 16.2. The van der Waals surface area contributed by atoms with Crippen molar-refractivity contribution < 1.29 is 4.79 Å². The van der Waals surface area contributed by atoms with Gasteiger partial charge in [-0.3, -0.25) is 14.8 Å². The van der Waals surface area contributed by atoms with Gasteiger partial charge >= 0.3 is 0 Å². The molecular formula is C12H19N5O. The van der Waals surface area contributed by atoms with Gasteiger partial charge in [0.05, 0.1) is 11.9 Å². The van der Waals surface area contributed by atoms with Crippen LogP contribution in [0.15, 0.2) is 6.20 Å². The number of nitrogens with two attached hydrogens (primary N) is 1. The molecule has 6 nitrogen and oxygen atoms in total. The fourth-order valence-corrected chi connectivity index (χ4v) is 3.08. The van der Waals surface area contributed by atoms with Crippen molar-refractivity contribution in [2.24, 2.45) is 0 Å². The zero-order chi connectivity index (χ0) is 12.7. The number of carbonyl (C=O) groups is 1. The number of fused-ring (bicyclic) bond motifs is 1. The molecule has 2 fully saturated rings. The number of nitrogen functional groups attached to an aromatic ring is 1. The predicted octanol–water partition coefficient (Wildman–Crippen LogP) is 0.301. The summed E-state index contributed by atoms with van der Waals surface area (Å²) in [5.74, 6) is -0.0240. The number of hydrogen-bond donors (Lipinski definition) is 2. The number of rotatable bonds is 1. The molecule has 1 aromatic heterocycles. The maximum Gasteiger partial charge on any atom is 0.274 e. The van der Waals surface area contributed by atoms with Gasteiger partial charge in [-0.2, -0.15) is 5.10 Å². The fourth-order valence-electron chi connectivity index (χ4n) is 3.08. The Balaban J connectivity index is 1.79. The molecule has 1 amide bonds. The Morgan fingerprint density at radius 2 is 2.39 bits per heavy atom. The molecular weight excluding hydrogens is 230 g/mol. The normalized spacial score (nSPS) is 28.4. The fraction of sp³-hybridized carbons (Fsp3) is 0.667. The van der Waals surface area contributed by atoms with Crippen molar-refractivity contribution >= 4 is 11.6 Å². The molecule has 2 aliphatic heterocycles. The van der Waals surface area contributed by atoms with Crippen molar-refractivity contribution in [1.82, 2.24) is 20.0 Å². The molecule has 98 valence electrons. The van der Waals surface area contributed by atoms with Crippen molar-refractivity contribution in [3.8, 4) is 0 Å². The van der Waals surface area contributed by atoms with Crippen LogP contribution in [0.4, 0.5) is 5.69 Å². The first-order valence-corrected chi connectivity index (χ1v) is 6.50. The summed E-state index contributed by atoms with van der Waals surface area (Å²) in [5.41, 5.74) is 6.60. The summed E-state index contributed by atoms with van der Waals surface area (Å²) in [5, 5.41) is 6.52. The Morgan fingerprint density at radius 3 is 3.11 bits per heavy atom. The molecule has 0 radical (unpaired) electrons. The number of carbonyl (C=O) groups excluding carboxylic acids is 1. The minimum atomic E-state index is -0.0240. The van der Waals surface area contributed by atoms with Crippen LogP contribution in [0.5, 0.6) is 0 Å². The van der Waals surface area contributed by atoms with Gasteiger partial charge in [0, 0.05) is 25.2 Å². The topological polar surface area (TPSA) is 78.2 Å². The van der Waals surface area contributed by atoms with Gasteiger partial charge in [0.15, 0.2) is 0 Å². The molecule has 2 saturated heterocycles. The number of amides is 1. The van der Waals surface area contributed by atoms with Crippen LogP contribution in [0.2, 0.25) is 0 Å². The van der Waals surface area contributed by atoms with Crippen LogP contribution >= 0.6 is 0 Å². The second-order valence-corrected chi connectivity index (χ2v) is 5.30. The molecule has 0 aliphatic carbocycles. The lowest BCUT2D eigenvalue weighted by molar-refractivity contribution is 0.0391. The lowest BCUT2D eigenvalue weighted by atomic mass is 10.1. The van der Waals surface area contributed by atoms with Gasteiger partial charge < -0.3 is 10.6 Å². The monoisotopic (exact) mass is 249 g/mol. The molecule has 3 N–H and O–H groups in total. The van der Waals surface area contributed by atoms with E-state index >= 15 is 0 Å². The summed E-state index contributed by atoms with van der Waals surface area (Å²) in [6.07, 6.45) is 3.92. The third-order valence-corrected chi connectivity index (χ3v) is 4.08. The van der Waals surface area contributed by atoms with Crippen LogP contribution in [-0.2, 0) is 0 Å². The van der Waals surface area contributed by atoms with Gasteiger partial charge in [0.2, 0.25) is 0 Å². The lowest BCUT2D eigenvalue weighted by Gasteiger charge is -2.42. The van der Waals surface area contributed by atoms with E-state index in [0.717, 1.165) is 13.1 Å². The van der Waals surface area contributed by atoms with Gasteiger partial charge in [-0.1, -0.05) is 0 Å². The predicted molar refractivity (Wildman–Crippen MR) is 68.1 cm³/mol. The lowest BCUT2D eigenvalue weighted by Crippen LogP contribution is -2.56. The van der Waals surface area contributed by atoms with E-state index in [4.69, 9.17) is 5.73 Å². The largest absolute Gasteiger partial charge is 0.396 e. The van der Waals surface area contributed by atoms with Crippen molar-refractivity contribution in [2.45, 2.75) is 31.8 Å². The Kier molecular flexibility index (Phi) is 2.74. The van der Waals surface area contributed by atoms with Gasteiger partial charge in [-0.05, 0) is 26.3 Å². The quantitative estimate of drug-likeness (QED) is 0.750. The number of piperazine rings is 1. The molecule has 2 atom stereocenters. The molecule has 3 heterocycles. The maximum absolute atomic E-state index is 12.4. The van der Waals surface area contributed by atoms with E-state index in [-0.39, 0.29) is 11.9 Å². The number of aromatic amines is 1. The first-order valence-electron chi connectivity index (χ1n) is 6.50. The number of H-pyrrole nitrogens is 1. The molecule has 2 unspecified atom stereocenters. The van der Waals surface area contributed by atoms with Crippen LogP contribution in [-0.4, -0.2) is 57.6 Å². The summed E-state index contributed by atoms with van der Waals surface area (Å²) < 4.78 is 0. The van der Waals surface area contributed by atoms with Crippen molar-refractivity contribution in [3.63, 3.8) is 0 Å². The van der Waals surface area contributed by atoms with E-state index < -0.39 is 0 Å².